The van der Waals surface area contributed by atoms with Crippen LogP contribution in [0, 0.1) is 12.8 Å². The van der Waals surface area contributed by atoms with Crippen molar-refractivity contribution in [2.24, 2.45) is 5.92 Å². The van der Waals surface area contributed by atoms with Crippen molar-refractivity contribution < 1.29 is 0 Å². The van der Waals surface area contributed by atoms with Gasteiger partial charge in [-0.1, -0.05) is 26.2 Å². The van der Waals surface area contributed by atoms with Crippen molar-refractivity contribution >= 4 is 11.8 Å². The predicted molar refractivity (Wildman–Crippen MR) is 76.0 cm³/mol. The van der Waals surface area contributed by atoms with E-state index in [0.29, 0.717) is 12.0 Å². The predicted octanol–water partition coefficient (Wildman–Crippen LogP) is 3.21. The molecule has 0 bridgehead atoms. The summed E-state index contributed by atoms with van der Waals surface area (Å²) < 4.78 is 0. The van der Waals surface area contributed by atoms with E-state index >= 15 is 0 Å². The Labute approximate surface area is 110 Å². The van der Waals surface area contributed by atoms with E-state index in [0.717, 1.165) is 17.4 Å². The first-order valence-corrected chi connectivity index (χ1v) is 7.01. The highest BCUT2D eigenvalue weighted by molar-refractivity contribution is 5.42. The van der Waals surface area contributed by atoms with Gasteiger partial charge in [-0.2, -0.15) is 4.98 Å². The molecule has 0 radical (unpaired) electrons. The fourth-order valence-electron chi connectivity index (χ4n) is 2.76. The van der Waals surface area contributed by atoms with Gasteiger partial charge in [-0.15, -0.1) is 0 Å². The zero-order chi connectivity index (χ0) is 13.0. The number of hydrogen-bond donors (Lipinski definition) is 2. The van der Waals surface area contributed by atoms with Crippen molar-refractivity contribution in [1.82, 2.24) is 9.97 Å². The highest BCUT2D eigenvalue weighted by atomic mass is 15.1. The Morgan fingerprint density at radius 1 is 1.33 bits per heavy atom. The van der Waals surface area contributed by atoms with E-state index in [2.05, 4.69) is 27.5 Å². The average molecular weight is 248 g/mol. The quantitative estimate of drug-likeness (QED) is 0.859. The van der Waals surface area contributed by atoms with Gasteiger partial charge in [0.25, 0.3) is 0 Å². The zero-order valence-corrected chi connectivity index (χ0v) is 11.7. The molecule has 0 aliphatic heterocycles. The molecule has 2 unspecified atom stereocenters. The van der Waals surface area contributed by atoms with Crippen LogP contribution in [0.1, 0.15) is 44.7 Å². The fraction of sp³-hybridized carbons (Fsp3) is 0.714. The first-order chi connectivity index (χ1) is 8.71. The molecule has 1 aliphatic rings. The van der Waals surface area contributed by atoms with Gasteiger partial charge in [0.05, 0.1) is 0 Å². The largest absolute Gasteiger partial charge is 0.367 e. The molecule has 4 nitrogen and oxygen atoms in total. The molecule has 2 rings (SSSR count). The Morgan fingerprint density at radius 3 is 2.89 bits per heavy atom. The van der Waals surface area contributed by atoms with E-state index in [1.807, 2.05) is 20.0 Å². The lowest BCUT2D eigenvalue weighted by atomic mass is 9.84. The minimum Gasteiger partial charge on any atom is -0.367 e. The number of aromatic nitrogens is 2. The normalized spacial score (nSPS) is 23.7. The third kappa shape index (κ3) is 3.34. The second kappa shape index (κ2) is 6.03. The molecule has 0 saturated heterocycles. The molecule has 2 atom stereocenters. The Hall–Kier alpha value is -1.32. The maximum atomic E-state index is 4.46. The monoisotopic (exact) mass is 248 g/mol. The van der Waals surface area contributed by atoms with Gasteiger partial charge in [-0.05, 0) is 25.7 Å². The molecule has 0 aromatic carbocycles. The molecule has 0 amide bonds. The minimum atomic E-state index is 0.572. The smallest absolute Gasteiger partial charge is 0.224 e. The van der Waals surface area contributed by atoms with Gasteiger partial charge in [0.2, 0.25) is 5.95 Å². The van der Waals surface area contributed by atoms with Crippen LogP contribution in [-0.4, -0.2) is 23.1 Å². The van der Waals surface area contributed by atoms with Crippen molar-refractivity contribution in [3.05, 3.63) is 11.8 Å². The summed E-state index contributed by atoms with van der Waals surface area (Å²) in [6.07, 6.45) is 6.55. The number of hydrogen-bond acceptors (Lipinski definition) is 4. The lowest BCUT2D eigenvalue weighted by molar-refractivity contribution is 0.327. The molecule has 1 aromatic rings. The number of rotatable bonds is 4. The molecule has 100 valence electrons. The second-order valence-electron chi connectivity index (χ2n) is 5.25. The molecule has 1 heterocycles. The van der Waals surface area contributed by atoms with Crippen LogP contribution in [0.5, 0.6) is 0 Å². The first-order valence-electron chi connectivity index (χ1n) is 7.01. The molecule has 1 saturated carbocycles. The van der Waals surface area contributed by atoms with Crippen LogP contribution in [0.15, 0.2) is 6.07 Å². The lowest BCUT2D eigenvalue weighted by Crippen LogP contribution is -2.27. The van der Waals surface area contributed by atoms with Gasteiger partial charge in [0, 0.05) is 24.8 Å². The molecular formula is C14H24N4. The molecule has 4 heteroatoms. The van der Waals surface area contributed by atoms with Crippen molar-refractivity contribution in [3.63, 3.8) is 0 Å². The Balaban J connectivity index is 2.02. The van der Waals surface area contributed by atoms with Gasteiger partial charge >= 0.3 is 0 Å². The summed E-state index contributed by atoms with van der Waals surface area (Å²) in [4.78, 5) is 8.78. The van der Waals surface area contributed by atoms with Crippen molar-refractivity contribution in [2.75, 3.05) is 17.7 Å². The van der Waals surface area contributed by atoms with Crippen molar-refractivity contribution in [3.8, 4) is 0 Å². The maximum absolute atomic E-state index is 4.46. The minimum absolute atomic E-state index is 0.572. The number of anilines is 2. The van der Waals surface area contributed by atoms with E-state index < -0.39 is 0 Å². The molecular weight excluding hydrogens is 224 g/mol. The second-order valence-corrected chi connectivity index (χ2v) is 5.25. The van der Waals surface area contributed by atoms with Crippen LogP contribution in [0.2, 0.25) is 0 Å². The number of aryl methyl sites for hydroxylation is 1. The highest BCUT2D eigenvalue weighted by Gasteiger charge is 2.20. The molecule has 2 N–H and O–H groups in total. The van der Waals surface area contributed by atoms with E-state index in [1.165, 1.54) is 32.1 Å². The molecule has 1 fully saturated rings. The first kappa shape index (κ1) is 13.1. The maximum Gasteiger partial charge on any atom is 0.224 e. The van der Waals surface area contributed by atoms with Crippen LogP contribution in [0.25, 0.3) is 0 Å². The van der Waals surface area contributed by atoms with Crippen LogP contribution < -0.4 is 10.6 Å². The molecule has 0 spiro atoms. The Bertz CT molecular complexity index is 391. The number of nitrogens with one attached hydrogen (secondary N) is 2. The standard InChI is InChI=1S/C14H24N4/c1-4-11-6-5-7-12(9-11)17-13-8-10(2)16-14(15-3)18-13/h8,11-12H,4-7,9H2,1-3H3,(H2,15,16,17,18). The summed E-state index contributed by atoms with van der Waals surface area (Å²) in [5.41, 5.74) is 1.000. The van der Waals surface area contributed by atoms with Gasteiger partial charge in [0.1, 0.15) is 5.82 Å². The van der Waals surface area contributed by atoms with Crippen molar-refractivity contribution in [2.45, 2.75) is 52.0 Å². The molecule has 1 aromatic heterocycles. The third-order valence-corrected chi connectivity index (χ3v) is 3.79. The van der Waals surface area contributed by atoms with Crippen LogP contribution in [-0.2, 0) is 0 Å². The SMILES string of the molecule is CCC1CCCC(Nc2cc(C)nc(NC)n2)C1. The third-order valence-electron chi connectivity index (χ3n) is 3.79. The van der Waals surface area contributed by atoms with Crippen molar-refractivity contribution in [1.29, 1.82) is 0 Å². The number of nitrogens with zero attached hydrogens (tertiary/aromatic N) is 2. The topological polar surface area (TPSA) is 49.8 Å². The Kier molecular flexibility index (Phi) is 4.39. The molecule has 1 aliphatic carbocycles. The zero-order valence-electron chi connectivity index (χ0n) is 11.7. The van der Waals surface area contributed by atoms with Crippen LogP contribution >= 0.6 is 0 Å². The van der Waals surface area contributed by atoms with Gasteiger partial charge in [-0.25, -0.2) is 4.98 Å². The van der Waals surface area contributed by atoms with E-state index in [9.17, 15) is 0 Å². The van der Waals surface area contributed by atoms with Crippen LogP contribution in [0.4, 0.5) is 11.8 Å². The molecule has 18 heavy (non-hydrogen) atoms. The summed E-state index contributed by atoms with van der Waals surface area (Å²) in [5, 5.41) is 6.57. The summed E-state index contributed by atoms with van der Waals surface area (Å²) >= 11 is 0. The lowest BCUT2D eigenvalue weighted by Gasteiger charge is -2.29. The summed E-state index contributed by atoms with van der Waals surface area (Å²) in [7, 11) is 1.85. The van der Waals surface area contributed by atoms with Gasteiger partial charge in [-0.3, -0.25) is 0 Å². The van der Waals surface area contributed by atoms with E-state index in [1.54, 1.807) is 0 Å². The highest BCUT2D eigenvalue weighted by Crippen LogP contribution is 2.28. The van der Waals surface area contributed by atoms with Crippen LogP contribution in [0.3, 0.4) is 0 Å². The van der Waals surface area contributed by atoms with E-state index in [-0.39, 0.29) is 0 Å². The fourth-order valence-corrected chi connectivity index (χ4v) is 2.76. The Morgan fingerprint density at radius 2 is 2.17 bits per heavy atom. The van der Waals surface area contributed by atoms with Gasteiger partial charge < -0.3 is 10.6 Å². The summed E-state index contributed by atoms with van der Waals surface area (Å²) in [5.74, 6) is 2.52. The van der Waals surface area contributed by atoms with E-state index in [4.69, 9.17) is 0 Å². The summed E-state index contributed by atoms with van der Waals surface area (Å²) in [6, 6.07) is 2.60. The summed E-state index contributed by atoms with van der Waals surface area (Å²) in [6.45, 7) is 4.30. The van der Waals surface area contributed by atoms with Gasteiger partial charge in [0.15, 0.2) is 0 Å². The average Bonchev–Trinajstić information content (AvgIpc) is 2.38.